The Bertz CT molecular complexity index is 588. The third-order valence-corrected chi connectivity index (χ3v) is 4.81. The van der Waals surface area contributed by atoms with E-state index in [-0.39, 0.29) is 11.6 Å². The Labute approximate surface area is 146 Å². The largest absolute Gasteiger partial charge is 0.381 e. The lowest BCUT2D eigenvalue weighted by Crippen LogP contribution is -2.48. The van der Waals surface area contributed by atoms with Gasteiger partial charge in [0.2, 0.25) is 0 Å². The van der Waals surface area contributed by atoms with E-state index in [2.05, 4.69) is 4.90 Å². The van der Waals surface area contributed by atoms with Crippen molar-refractivity contribution in [3.63, 3.8) is 0 Å². The second kappa shape index (κ2) is 8.69. The van der Waals surface area contributed by atoms with Gasteiger partial charge in [0, 0.05) is 45.4 Å². The number of halogens is 2. The SMILES string of the molecule is O=C(c1cc(F)ccc1F)N(CCN1CCOCC1)C1CCOCC1. The molecule has 2 saturated heterocycles. The predicted octanol–water partition coefficient (Wildman–Crippen LogP) is 1.92. The van der Waals surface area contributed by atoms with Crippen LogP contribution in [0, 0.1) is 11.6 Å². The van der Waals surface area contributed by atoms with Gasteiger partial charge >= 0.3 is 0 Å². The minimum absolute atomic E-state index is 0.00930. The molecule has 0 unspecified atom stereocenters. The van der Waals surface area contributed by atoms with Gasteiger partial charge in [-0.1, -0.05) is 0 Å². The van der Waals surface area contributed by atoms with Gasteiger partial charge in [0.05, 0.1) is 18.8 Å². The molecule has 7 heteroatoms. The zero-order valence-electron chi connectivity index (χ0n) is 14.3. The summed E-state index contributed by atoms with van der Waals surface area (Å²) in [5.74, 6) is -1.74. The van der Waals surface area contributed by atoms with E-state index >= 15 is 0 Å². The topological polar surface area (TPSA) is 42.0 Å². The number of rotatable bonds is 5. The highest BCUT2D eigenvalue weighted by Crippen LogP contribution is 2.20. The zero-order valence-corrected chi connectivity index (χ0v) is 14.3. The molecule has 0 saturated carbocycles. The van der Waals surface area contributed by atoms with Crippen LogP contribution in [0.2, 0.25) is 0 Å². The number of nitrogens with zero attached hydrogens (tertiary/aromatic N) is 2. The Morgan fingerprint density at radius 1 is 1.12 bits per heavy atom. The molecule has 2 fully saturated rings. The van der Waals surface area contributed by atoms with Gasteiger partial charge in [-0.05, 0) is 31.0 Å². The molecule has 138 valence electrons. The van der Waals surface area contributed by atoms with Crippen molar-refractivity contribution in [3.05, 3.63) is 35.4 Å². The Kier molecular flexibility index (Phi) is 6.34. The normalized spacial score (nSPS) is 19.8. The van der Waals surface area contributed by atoms with Crippen LogP contribution < -0.4 is 0 Å². The molecule has 5 nitrogen and oxygen atoms in total. The lowest BCUT2D eigenvalue weighted by Gasteiger charge is -2.36. The Balaban J connectivity index is 1.74. The van der Waals surface area contributed by atoms with E-state index in [1.807, 2.05) is 0 Å². The highest BCUT2D eigenvalue weighted by Gasteiger charge is 2.29. The summed E-state index contributed by atoms with van der Waals surface area (Å²) >= 11 is 0. The first kappa shape index (κ1) is 18.2. The summed E-state index contributed by atoms with van der Waals surface area (Å²) in [4.78, 5) is 16.8. The van der Waals surface area contributed by atoms with Crippen LogP contribution in [0.15, 0.2) is 18.2 Å². The highest BCUT2D eigenvalue weighted by molar-refractivity contribution is 5.94. The molecule has 2 aliphatic rings. The summed E-state index contributed by atoms with van der Waals surface area (Å²) in [6, 6.07) is 3.01. The average molecular weight is 354 g/mol. The molecule has 0 aliphatic carbocycles. The zero-order chi connectivity index (χ0) is 17.6. The van der Waals surface area contributed by atoms with Crippen molar-refractivity contribution in [2.24, 2.45) is 0 Å². The van der Waals surface area contributed by atoms with Crippen molar-refractivity contribution in [2.45, 2.75) is 18.9 Å². The highest BCUT2D eigenvalue weighted by atomic mass is 19.1. The third-order valence-electron chi connectivity index (χ3n) is 4.81. The average Bonchev–Trinajstić information content (AvgIpc) is 2.65. The molecule has 0 radical (unpaired) electrons. The monoisotopic (exact) mass is 354 g/mol. The van der Waals surface area contributed by atoms with Gasteiger partial charge in [-0.2, -0.15) is 0 Å². The summed E-state index contributed by atoms with van der Waals surface area (Å²) in [6.07, 6.45) is 1.43. The number of amides is 1. The quantitative estimate of drug-likeness (QED) is 0.810. The minimum Gasteiger partial charge on any atom is -0.381 e. The molecule has 1 amide bonds. The second-order valence-electron chi connectivity index (χ2n) is 6.42. The van der Waals surface area contributed by atoms with Crippen LogP contribution in [-0.2, 0) is 9.47 Å². The third kappa shape index (κ3) is 4.74. The summed E-state index contributed by atoms with van der Waals surface area (Å²) in [5, 5.41) is 0. The van der Waals surface area contributed by atoms with E-state index < -0.39 is 17.5 Å². The lowest BCUT2D eigenvalue weighted by molar-refractivity contribution is 0.0139. The number of carbonyl (C=O) groups is 1. The number of hydrogen-bond donors (Lipinski definition) is 0. The number of ether oxygens (including phenoxy) is 2. The summed E-state index contributed by atoms with van der Waals surface area (Å²) in [7, 11) is 0. The molecule has 0 bridgehead atoms. The Morgan fingerprint density at radius 2 is 1.80 bits per heavy atom. The first-order chi connectivity index (χ1) is 12.1. The summed E-state index contributed by atoms with van der Waals surface area (Å²) in [5.41, 5.74) is -0.200. The molecule has 0 aromatic heterocycles. The van der Waals surface area contributed by atoms with Gasteiger partial charge in [-0.25, -0.2) is 8.78 Å². The maximum Gasteiger partial charge on any atom is 0.257 e. The Hall–Kier alpha value is -1.57. The van der Waals surface area contributed by atoms with Crippen LogP contribution in [0.1, 0.15) is 23.2 Å². The molecular formula is C18H24F2N2O3. The molecular weight excluding hydrogens is 330 g/mol. The van der Waals surface area contributed by atoms with Gasteiger partial charge in [0.15, 0.2) is 0 Å². The van der Waals surface area contributed by atoms with Crippen molar-refractivity contribution < 1.29 is 23.0 Å². The van der Waals surface area contributed by atoms with Crippen LogP contribution >= 0.6 is 0 Å². The summed E-state index contributed by atoms with van der Waals surface area (Å²) < 4.78 is 38.3. The van der Waals surface area contributed by atoms with Crippen molar-refractivity contribution in [1.29, 1.82) is 0 Å². The van der Waals surface area contributed by atoms with Gasteiger partial charge < -0.3 is 14.4 Å². The van der Waals surface area contributed by atoms with E-state index in [9.17, 15) is 13.6 Å². The minimum atomic E-state index is -0.685. The van der Waals surface area contributed by atoms with Gasteiger partial charge in [0.1, 0.15) is 11.6 Å². The molecule has 3 rings (SSSR count). The number of morpholine rings is 1. The number of hydrogen-bond acceptors (Lipinski definition) is 4. The molecule has 2 heterocycles. The second-order valence-corrected chi connectivity index (χ2v) is 6.42. The van der Waals surface area contributed by atoms with Gasteiger partial charge in [0.25, 0.3) is 5.91 Å². The van der Waals surface area contributed by atoms with Crippen molar-refractivity contribution in [2.75, 3.05) is 52.6 Å². The number of benzene rings is 1. The first-order valence-corrected chi connectivity index (χ1v) is 8.79. The maximum absolute atomic E-state index is 14.1. The van der Waals surface area contributed by atoms with Gasteiger partial charge in [-0.3, -0.25) is 9.69 Å². The predicted molar refractivity (Wildman–Crippen MR) is 88.5 cm³/mol. The van der Waals surface area contributed by atoms with Crippen LogP contribution in [0.25, 0.3) is 0 Å². The molecule has 0 atom stereocenters. The number of carbonyl (C=O) groups excluding carboxylic acids is 1. The fourth-order valence-corrected chi connectivity index (χ4v) is 3.34. The first-order valence-electron chi connectivity index (χ1n) is 8.79. The molecule has 25 heavy (non-hydrogen) atoms. The van der Waals surface area contributed by atoms with Gasteiger partial charge in [-0.15, -0.1) is 0 Å². The van der Waals surface area contributed by atoms with Crippen LogP contribution in [0.5, 0.6) is 0 Å². The van der Waals surface area contributed by atoms with Crippen molar-refractivity contribution in [1.82, 2.24) is 9.80 Å². The van der Waals surface area contributed by atoms with Crippen LogP contribution in [-0.4, -0.2) is 74.4 Å². The standard InChI is InChI=1S/C18H24F2N2O3/c19-14-1-2-17(20)16(13-14)18(23)22(15-3-9-24-10-4-15)6-5-21-7-11-25-12-8-21/h1-2,13,15H,3-12H2. The van der Waals surface area contributed by atoms with E-state index in [4.69, 9.17) is 9.47 Å². The fraction of sp³-hybridized carbons (Fsp3) is 0.611. The van der Waals surface area contributed by atoms with E-state index in [0.717, 1.165) is 31.3 Å². The fourth-order valence-electron chi connectivity index (χ4n) is 3.34. The summed E-state index contributed by atoms with van der Waals surface area (Å²) in [6.45, 7) is 5.36. The molecule has 2 aliphatic heterocycles. The van der Waals surface area contributed by atoms with E-state index in [1.54, 1.807) is 4.90 Å². The smallest absolute Gasteiger partial charge is 0.257 e. The molecule has 0 spiro atoms. The van der Waals surface area contributed by atoms with E-state index in [1.165, 1.54) is 0 Å². The van der Waals surface area contributed by atoms with Crippen molar-refractivity contribution >= 4 is 5.91 Å². The lowest BCUT2D eigenvalue weighted by atomic mass is 10.0. The molecule has 0 N–H and O–H groups in total. The van der Waals surface area contributed by atoms with Crippen LogP contribution in [0.4, 0.5) is 8.78 Å². The Morgan fingerprint density at radius 3 is 2.52 bits per heavy atom. The molecule has 1 aromatic carbocycles. The van der Waals surface area contributed by atoms with Crippen molar-refractivity contribution in [3.8, 4) is 0 Å². The van der Waals surface area contributed by atoms with Crippen LogP contribution in [0.3, 0.4) is 0 Å². The maximum atomic E-state index is 14.1. The van der Waals surface area contributed by atoms with E-state index in [0.29, 0.717) is 52.4 Å². The molecule has 1 aromatic rings.